The summed E-state index contributed by atoms with van der Waals surface area (Å²) >= 11 is 0. The van der Waals surface area contributed by atoms with E-state index in [1.54, 1.807) is 0 Å². The number of aryl methyl sites for hydroxylation is 15. The van der Waals surface area contributed by atoms with Crippen LogP contribution in [-0.4, -0.2) is 29.9 Å². The number of hydrogen-bond acceptors (Lipinski definition) is 6. The van der Waals surface area contributed by atoms with Gasteiger partial charge in [-0.05, 0) is 299 Å². The molecule has 0 N–H and O–H groups in total. The fraction of sp³-hybridized carbons (Fsp3) is 0.333. The van der Waals surface area contributed by atoms with E-state index in [-0.39, 0.29) is 5.41 Å². The second kappa shape index (κ2) is 49.4. The van der Waals surface area contributed by atoms with Crippen LogP contribution in [0.25, 0.3) is 101 Å². The highest BCUT2D eigenvalue weighted by Gasteiger charge is 2.21. The van der Waals surface area contributed by atoms with Crippen molar-refractivity contribution >= 4 is 0 Å². The van der Waals surface area contributed by atoms with E-state index in [9.17, 15) is 0 Å². The standard InChI is InChI=1S/C25H28.C23H24.C23H32.C20H21N3.C19H24.C16H21N3/c1-18-10-6-8-12-23(18)21-14-20(17-25(3,4)5)15-22(16-21)24-13-9-7-11-19(24)2;1-4-9-19-14-20(22-12-7-5-10-17(22)2)16-21(15-19)23-13-8-6-11-18(23)3;1-17-10-8-9-11-21(17)20-13-18(15-22(2,3)4)12-19(14-20)16-23(5,6)7;1-4-9-18-21-19(16-12-7-5-10-14(16)2)23-20(22-18)17-13-8-6-11-15(17)3;1-4-8-16-12-17(9-5-2)14-18(13-16)19-11-7-6-10-15(19)3;1-4-8-14-17-15(9-5-2)19-16(18-14)13-11-7-6-10-12(13)3/h6-16H,17H2,1-5H3;5-8,10-16H,4,9H2,1-3H3;8-14H,15-16H2,1-7H3;5-8,10-13H,4,9H2,1-3H3;6-7,10-14H,4-5,8-9H2,1-3H3;6-7,10-11H,4-5,8-9H2,1-3H3. The fourth-order valence-corrected chi connectivity index (χ4v) is 17.4. The molecule has 2 heterocycles. The molecule has 0 radical (unpaired) electrons. The zero-order chi connectivity index (χ0) is 95.1. The summed E-state index contributed by atoms with van der Waals surface area (Å²) in [6, 6.07) is 105. The molecule has 0 unspecified atom stereocenters. The molecular weight excluding hydrogens is 1600 g/mol. The van der Waals surface area contributed by atoms with E-state index in [1.807, 2.05) is 36.4 Å². The SMILES string of the molecule is CCCc1cc(-c2ccccc2C)cc(-c2ccccc2C)c1.CCCc1cc(CCC)cc(-c2ccccc2C)c1.CCCc1nc(-c2ccccc2C)nc(-c2ccccc2C)n1.CCCc1nc(CCC)nc(-c2ccccc2C)n1.Cc1ccccc1-c1cc(CC(C)(C)C)cc(-c2ccccc2C)c1.Cc1ccccc1-c1cc(CC(C)(C)C)cc(CC(C)(C)C)c1. The predicted molar refractivity (Wildman–Crippen MR) is 570 cm³/mol. The summed E-state index contributed by atoms with van der Waals surface area (Å²) in [5, 5.41) is 0. The monoisotopic (exact) mass is 1750 g/mol. The molecule has 13 aromatic carbocycles. The van der Waals surface area contributed by atoms with E-state index >= 15 is 0 Å². The molecule has 0 aliphatic carbocycles. The Morgan fingerprint density at radius 2 is 0.341 bits per heavy atom. The third kappa shape index (κ3) is 31.0. The molecule has 15 aromatic rings. The van der Waals surface area contributed by atoms with Gasteiger partial charge in [-0.25, -0.2) is 29.9 Å². The van der Waals surface area contributed by atoms with Crippen molar-refractivity contribution in [1.29, 1.82) is 0 Å². The first-order valence-corrected chi connectivity index (χ1v) is 48.8. The van der Waals surface area contributed by atoms with E-state index in [2.05, 4.69) is 446 Å². The summed E-state index contributed by atoms with van der Waals surface area (Å²) < 4.78 is 0. The summed E-state index contributed by atoms with van der Waals surface area (Å²) in [6.07, 6.45) is 16.2. The molecule has 0 bridgehead atoms. The van der Waals surface area contributed by atoms with Crippen LogP contribution in [-0.2, 0) is 57.8 Å². The largest absolute Gasteiger partial charge is 0.218 e. The van der Waals surface area contributed by atoms with Crippen molar-refractivity contribution in [2.45, 2.75) is 262 Å². The van der Waals surface area contributed by atoms with Gasteiger partial charge in [0.15, 0.2) is 17.5 Å². The van der Waals surface area contributed by atoms with E-state index in [1.165, 1.54) is 182 Å². The fourth-order valence-electron chi connectivity index (χ4n) is 17.4. The Labute approximate surface area is 796 Å². The minimum Gasteiger partial charge on any atom is -0.218 e. The zero-order valence-electron chi connectivity index (χ0n) is 84.5. The number of hydrogen-bond donors (Lipinski definition) is 0. The van der Waals surface area contributed by atoms with Crippen molar-refractivity contribution in [2.75, 3.05) is 0 Å². The van der Waals surface area contributed by atoms with Gasteiger partial charge in [0, 0.05) is 36.0 Å². The smallest absolute Gasteiger partial charge is 0.163 e. The molecule has 0 aliphatic heterocycles. The molecule has 0 amide bonds. The predicted octanol–water partition coefficient (Wildman–Crippen LogP) is 34.7. The van der Waals surface area contributed by atoms with Crippen LogP contribution in [0.1, 0.15) is 243 Å². The second-order valence-corrected chi connectivity index (χ2v) is 39.9. The van der Waals surface area contributed by atoms with Gasteiger partial charge in [-0.2, -0.15) is 0 Å². The third-order valence-corrected chi connectivity index (χ3v) is 23.6. The first kappa shape index (κ1) is 102. The molecule has 132 heavy (non-hydrogen) atoms. The Morgan fingerprint density at radius 3 is 0.553 bits per heavy atom. The lowest BCUT2D eigenvalue weighted by molar-refractivity contribution is 0.405. The lowest BCUT2D eigenvalue weighted by Gasteiger charge is -2.22. The minimum atomic E-state index is 0.271. The van der Waals surface area contributed by atoms with Gasteiger partial charge in [-0.3, -0.25) is 0 Å². The van der Waals surface area contributed by atoms with Gasteiger partial charge < -0.3 is 0 Å². The van der Waals surface area contributed by atoms with Gasteiger partial charge >= 0.3 is 0 Å². The Hall–Kier alpha value is -12.1. The van der Waals surface area contributed by atoms with Crippen LogP contribution in [0.15, 0.2) is 291 Å². The molecule has 15 rings (SSSR count). The first-order valence-electron chi connectivity index (χ1n) is 48.8. The van der Waals surface area contributed by atoms with Gasteiger partial charge in [0.25, 0.3) is 0 Å². The van der Waals surface area contributed by atoms with Crippen LogP contribution in [0.4, 0.5) is 0 Å². The molecule has 684 valence electrons. The lowest BCUT2D eigenvalue weighted by atomic mass is 9.83. The summed E-state index contributed by atoms with van der Waals surface area (Å²) in [6.45, 7) is 53.4. The molecule has 0 aliphatic rings. The summed E-state index contributed by atoms with van der Waals surface area (Å²) in [7, 11) is 0. The van der Waals surface area contributed by atoms with Crippen molar-refractivity contribution in [3.05, 3.63) is 392 Å². The van der Waals surface area contributed by atoms with Crippen LogP contribution >= 0.6 is 0 Å². The molecule has 0 saturated carbocycles. The van der Waals surface area contributed by atoms with Crippen molar-refractivity contribution in [2.24, 2.45) is 16.2 Å². The average molecular weight is 1750 g/mol. The van der Waals surface area contributed by atoms with Gasteiger partial charge in [-0.15, -0.1) is 0 Å². The first-order chi connectivity index (χ1) is 63.2. The number of benzene rings is 13. The molecule has 6 heteroatoms. The summed E-state index contributed by atoms with van der Waals surface area (Å²) in [5.41, 5.74) is 40.5. The maximum atomic E-state index is 4.76. The van der Waals surface area contributed by atoms with E-state index in [0.717, 1.165) is 116 Å². The second-order valence-electron chi connectivity index (χ2n) is 39.9. The summed E-state index contributed by atoms with van der Waals surface area (Å²) in [5.74, 6) is 5.04. The molecule has 2 aromatic heterocycles. The average Bonchev–Trinajstić information content (AvgIpc) is 0.803. The maximum absolute atomic E-state index is 4.76. The van der Waals surface area contributed by atoms with E-state index in [0.29, 0.717) is 10.8 Å². The van der Waals surface area contributed by atoms with E-state index in [4.69, 9.17) is 4.98 Å². The highest BCUT2D eigenvalue weighted by atomic mass is 15.0. The molecule has 0 saturated heterocycles. The normalized spacial score (nSPS) is 11.2. The topological polar surface area (TPSA) is 77.3 Å². The van der Waals surface area contributed by atoms with E-state index < -0.39 is 0 Å². The molecule has 0 fully saturated rings. The van der Waals surface area contributed by atoms with Gasteiger partial charge in [0.1, 0.15) is 17.5 Å². The Morgan fingerprint density at radius 1 is 0.174 bits per heavy atom. The maximum Gasteiger partial charge on any atom is 0.163 e. The highest BCUT2D eigenvalue weighted by Crippen LogP contribution is 2.38. The Kier molecular flexibility index (Phi) is 38.2. The Bertz CT molecular complexity index is 5700. The van der Waals surface area contributed by atoms with Gasteiger partial charge in [-0.1, -0.05) is 402 Å². The molecule has 0 atom stereocenters. The summed E-state index contributed by atoms with van der Waals surface area (Å²) in [4.78, 5) is 27.9. The zero-order valence-corrected chi connectivity index (χ0v) is 84.5. The van der Waals surface area contributed by atoms with Crippen LogP contribution in [0, 0.1) is 78.6 Å². The van der Waals surface area contributed by atoms with Crippen LogP contribution < -0.4 is 0 Å². The van der Waals surface area contributed by atoms with Crippen molar-refractivity contribution in [3.63, 3.8) is 0 Å². The number of aromatic nitrogens is 6. The molecular formula is C126H150N6. The van der Waals surface area contributed by atoms with Crippen LogP contribution in [0.2, 0.25) is 0 Å². The quantitative estimate of drug-likeness (QED) is 0.0600. The van der Waals surface area contributed by atoms with Crippen LogP contribution in [0.5, 0.6) is 0 Å². The van der Waals surface area contributed by atoms with Crippen molar-refractivity contribution in [3.8, 4) is 101 Å². The minimum absolute atomic E-state index is 0.271. The third-order valence-electron chi connectivity index (χ3n) is 23.6. The molecule has 0 spiro atoms. The molecule has 6 nitrogen and oxygen atoms in total. The van der Waals surface area contributed by atoms with Gasteiger partial charge in [0.05, 0.1) is 0 Å². The van der Waals surface area contributed by atoms with Crippen LogP contribution in [0.3, 0.4) is 0 Å². The lowest BCUT2D eigenvalue weighted by Crippen LogP contribution is -2.12. The highest BCUT2D eigenvalue weighted by molar-refractivity contribution is 5.80. The van der Waals surface area contributed by atoms with Crippen molar-refractivity contribution < 1.29 is 0 Å². The van der Waals surface area contributed by atoms with Gasteiger partial charge in [0.2, 0.25) is 0 Å². The Balaban J connectivity index is 0.000000165. The van der Waals surface area contributed by atoms with Crippen molar-refractivity contribution in [1.82, 2.24) is 29.9 Å². The number of rotatable bonds is 24. The number of nitrogens with zero attached hydrogens (tertiary/aromatic N) is 6.